The van der Waals surface area contributed by atoms with Crippen LogP contribution < -0.4 is 5.32 Å². The molecule has 1 amide bonds. The van der Waals surface area contributed by atoms with Crippen molar-refractivity contribution in [1.82, 2.24) is 20.5 Å². The minimum atomic E-state index is -0.520. The first-order valence-electron chi connectivity index (χ1n) is 6.99. The quantitative estimate of drug-likeness (QED) is 0.662. The van der Waals surface area contributed by atoms with Crippen LogP contribution in [0.1, 0.15) is 56.5 Å². The number of amides is 1. The van der Waals surface area contributed by atoms with Crippen molar-refractivity contribution in [2.45, 2.75) is 52.6 Å². The number of carbonyl (C=O) groups is 1. The fourth-order valence-electron chi connectivity index (χ4n) is 2.02. The molecule has 0 spiro atoms. The summed E-state index contributed by atoms with van der Waals surface area (Å²) in [6, 6.07) is 0. The Morgan fingerprint density at radius 1 is 1.37 bits per heavy atom. The first-order chi connectivity index (χ1) is 9.12. The van der Waals surface area contributed by atoms with Crippen LogP contribution in [-0.2, 0) is 6.42 Å². The topological polar surface area (TPSA) is 90.9 Å². The van der Waals surface area contributed by atoms with Crippen LogP contribution >= 0.6 is 0 Å². The Labute approximate surface area is 114 Å². The fourth-order valence-corrected chi connectivity index (χ4v) is 2.02. The van der Waals surface area contributed by atoms with E-state index in [1.165, 1.54) is 0 Å². The lowest BCUT2D eigenvalue weighted by Crippen LogP contribution is -2.36. The molecular formula is C13H24N4O2. The van der Waals surface area contributed by atoms with Gasteiger partial charge in [0.15, 0.2) is 0 Å². The van der Waals surface area contributed by atoms with E-state index in [9.17, 15) is 9.90 Å². The van der Waals surface area contributed by atoms with Crippen LogP contribution in [0.3, 0.4) is 0 Å². The van der Waals surface area contributed by atoms with Crippen molar-refractivity contribution in [3.63, 3.8) is 0 Å². The number of aliphatic hydroxyl groups excluding tert-OH is 1. The van der Waals surface area contributed by atoms with Crippen LogP contribution in [0, 0.1) is 5.92 Å². The third kappa shape index (κ3) is 4.63. The standard InChI is InChI=1S/C13H24N4O2/c1-4-7-11-15-12(17-16-11)13(19)14-8-10(18)9(5-2)6-3/h9-10,18H,4-8H2,1-3H3,(H,14,19)(H,15,16,17). The second kappa shape index (κ2) is 7.89. The maximum absolute atomic E-state index is 11.8. The summed E-state index contributed by atoms with van der Waals surface area (Å²) in [5.41, 5.74) is 0. The van der Waals surface area contributed by atoms with Crippen molar-refractivity contribution in [3.8, 4) is 0 Å². The lowest BCUT2D eigenvalue weighted by atomic mass is 9.96. The molecule has 0 radical (unpaired) electrons. The number of hydrogen-bond acceptors (Lipinski definition) is 4. The molecule has 0 aliphatic carbocycles. The Hall–Kier alpha value is -1.43. The number of nitrogens with zero attached hydrogens (tertiary/aromatic N) is 2. The zero-order chi connectivity index (χ0) is 14.3. The molecule has 19 heavy (non-hydrogen) atoms. The summed E-state index contributed by atoms with van der Waals surface area (Å²) >= 11 is 0. The van der Waals surface area contributed by atoms with Gasteiger partial charge in [-0.25, -0.2) is 4.98 Å². The minimum Gasteiger partial charge on any atom is -0.391 e. The molecule has 0 fully saturated rings. The van der Waals surface area contributed by atoms with E-state index in [-0.39, 0.29) is 24.2 Å². The average Bonchev–Trinajstić information content (AvgIpc) is 2.86. The van der Waals surface area contributed by atoms with Crippen molar-refractivity contribution in [1.29, 1.82) is 0 Å². The normalized spacial score (nSPS) is 12.7. The second-order valence-corrected chi connectivity index (χ2v) is 4.71. The Bertz CT molecular complexity index is 388. The van der Waals surface area contributed by atoms with Crippen LogP contribution in [0.2, 0.25) is 0 Å². The van der Waals surface area contributed by atoms with Gasteiger partial charge in [-0.3, -0.25) is 9.89 Å². The monoisotopic (exact) mass is 268 g/mol. The molecule has 1 heterocycles. The summed E-state index contributed by atoms with van der Waals surface area (Å²) < 4.78 is 0. The average molecular weight is 268 g/mol. The second-order valence-electron chi connectivity index (χ2n) is 4.71. The molecule has 0 aromatic carbocycles. The number of rotatable bonds is 8. The Morgan fingerprint density at radius 2 is 2.05 bits per heavy atom. The zero-order valence-corrected chi connectivity index (χ0v) is 11.9. The third-order valence-electron chi connectivity index (χ3n) is 3.29. The van der Waals surface area contributed by atoms with Gasteiger partial charge in [0.1, 0.15) is 5.82 Å². The number of aryl methyl sites for hydroxylation is 1. The molecular weight excluding hydrogens is 244 g/mol. The summed E-state index contributed by atoms with van der Waals surface area (Å²) in [7, 11) is 0. The number of aliphatic hydroxyl groups is 1. The minimum absolute atomic E-state index is 0.139. The van der Waals surface area contributed by atoms with Gasteiger partial charge in [0, 0.05) is 13.0 Å². The molecule has 1 aromatic rings. The van der Waals surface area contributed by atoms with Gasteiger partial charge < -0.3 is 10.4 Å². The predicted octanol–water partition coefficient (Wildman–Crippen LogP) is 1.28. The molecule has 1 rings (SSSR count). The molecule has 3 N–H and O–H groups in total. The highest BCUT2D eigenvalue weighted by Gasteiger charge is 2.18. The summed E-state index contributed by atoms with van der Waals surface area (Å²) in [4.78, 5) is 15.9. The van der Waals surface area contributed by atoms with Gasteiger partial charge in [-0.15, -0.1) is 5.10 Å². The molecule has 1 atom stereocenters. The summed E-state index contributed by atoms with van der Waals surface area (Å²) in [6.45, 7) is 6.34. The Morgan fingerprint density at radius 3 is 2.63 bits per heavy atom. The SMILES string of the molecule is CCCc1nc(C(=O)NCC(O)C(CC)CC)n[nH]1. The van der Waals surface area contributed by atoms with Gasteiger partial charge in [-0.05, 0) is 12.3 Å². The number of hydrogen-bond donors (Lipinski definition) is 3. The van der Waals surface area contributed by atoms with Crippen LogP contribution in [0.5, 0.6) is 0 Å². The summed E-state index contributed by atoms with van der Waals surface area (Å²) in [6.07, 6.45) is 3.00. The van der Waals surface area contributed by atoms with Crippen LogP contribution in [-0.4, -0.2) is 38.8 Å². The van der Waals surface area contributed by atoms with Crippen molar-refractivity contribution < 1.29 is 9.90 Å². The number of H-pyrrole nitrogens is 1. The largest absolute Gasteiger partial charge is 0.391 e. The van der Waals surface area contributed by atoms with E-state index in [1.54, 1.807) is 0 Å². The molecule has 6 heteroatoms. The predicted molar refractivity (Wildman–Crippen MR) is 72.8 cm³/mol. The van der Waals surface area contributed by atoms with Crippen molar-refractivity contribution >= 4 is 5.91 Å². The van der Waals surface area contributed by atoms with Crippen LogP contribution in [0.4, 0.5) is 0 Å². The van der Waals surface area contributed by atoms with Crippen LogP contribution in [0.25, 0.3) is 0 Å². The van der Waals surface area contributed by atoms with Crippen LogP contribution in [0.15, 0.2) is 0 Å². The molecule has 1 unspecified atom stereocenters. The smallest absolute Gasteiger partial charge is 0.291 e. The Kier molecular flexibility index (Phi) is 6.49. The van der Waals surface area contributed by atoms with E-state index in [1.807, 2.05) is 20.8 Å². The van der Waals surface area contributed by atoms with E-state index < -0.39 is 6.10 Å². The summed E-state index contributed by atoms with van der Waals surface area (Å²) in [5, 5.41) is 19.2. The first-order valence-corrected chi connectivity index (χ1v) is 6.99. The molecule has 1 aromatic heterocycles. The molecule has 6 nitrogen and oxygen atoms in total. The third-order valence-corrected chi connectivity index (χ3v) is 3.29. The zero-order valence-electron chi connectivity index (χ0n) is 11.9. The highest BCUT2D eigenvalue weighted by atomic mass is 16.3. The van der Waals surface area contributed by atoms with Crippen molar-refractivity contribution in [2.24, 2.45) is 5.92 Å². The van der Waals surface area contributed by atoms with Crippen molar-refractivity contribution in [3.05, 3.63) is 11.6 Å². The summed E-state index contributed by atoms with van der Waals surface area (Å²) in [5.74, 6) is 0.722. The molecule has 0 aliphatic heterocycles. The highest BCUT2D eigenvalue weighted by molar-refractivity contribution is 5.90. The van der Waals surface area contributed by atoms with E-state index in [4.69, 9.17) is 0 Å². The van der Waals surface area contributed by atoms with Gasteiger partial charge in [0.25, 0.3) is 5.91 Å². The van der Waals surface area contributed by atoms with E-state index in [2.05, 4.69) is 20.5 Å². The first kappa shape index (κ1) is 15.6. The van der Waals surface area contributed by atoms with Gasteiger partial charge in [0.2, 0.25) is 5.82 Å². The molecule has 0 aliphatic rings. The molecule has 0 saturated carbocycles. The van der Waals surface area contributed by atoms with Gasteiger partial charge >= 0.3 is 0 Å². The van der Waals surface area contributed by atoms with Crippen molar-refractivity contribution in [2.75, 3.05) is 6.54 Å². The molecule has 108 valence electrons. The maximum atomic E-state index is 11.8. The van der Waals surface area contributed by atoms with E-state index >= 15 is 0 Å². The molecule has 0 bridgehead atoms. The lowest BCUT2D eigenvalue weighted by Gasteiger charge is -2.19. The van der Waals surface area contributed by atoms with E-state index in [0.717, 1.165) is 25.7 Å². The maximum Gasteiger partial charge on any atom is 0.291 e. The lowest BCUT2D eigenvalue weighted by molar-refractivity contribution is 0.0809. The van der Waals surface area contributed by atoms with Gasteiger partial charge in [0.05, 0.1) is 6.10 Å². The van der Waals surface area contributed by atoms with Gasteiger partial charge in [-0.1, -0.05) is 33.6 Å². The fraction of sp³-hybridized carbons (Fsp3) is 0.769. The number of nitrogens with one attached hydrogen (secondary N) is 2. The molecule has 0 saturated heterocycles. The highest BCUT2D eigenvalue weighted by Crippen LogP contribution is 2.12. The number of carbonyl (C=O) groups excluding carboxylic acids is 1. The number of aromatic amines is 1. The van der Waals surface area contributed by atoms with Gasteiger partial charge in [-0.2, -0.15) is 0 Å². The van der Waals surface area contributed by atoms with E-state index in [0.29, 0.717) is 5.82 Å². The number of aromatic nitrogens is 3. The Balaban J connectivity index is 2.45.